The lowest BCUT2D eigenvalue weighted by Crippen LogP contribution is -2.27. The van der Waals surface area contributed by atoms with E-state index in [1.54, 1.807) is 4.57 Å². The van der Waals surface area contributed by atoms with E-state index in [9.17, 15) is 14.6 Å². The van der Waals surface area contributed by atoms with Crippen LogP contribution in [0.4, 0.5) is 5.82 Å². The maximum absolute atomic E-state index is 12.9. The molecule has 0 saturated heterocycles. The van der Waals surface area contributed by atoms with E-state index in [0.717, 1.165) is 18.4 Å². The third-order valence-electron chi connectivity index (χ3n) is 8.74. The van der Waals surface area contributed by atoms with Crippen LogP contribution in [0.15, 0.2) is 43.0 Å². The first-order chi connectivity index (χ1) is 24.4. The molecular formula is C37H62N5O7P. The highest BCUT2D eigenvalue weighted by atomic mass is 31.2. The van der Waals surface area contributed by atoms with Crippen molar-refractivity contribution in [3.8, 4) is 0 Å². The Kier molecular flexibility index (Phi) is 21.4. The Labute approximate surface area is 299 Å². The van der Waals surface area contributed by atoms with Crippen molar-refractivity contribution in [1.82, 2.24) is 19.5 Å². The average molecular weight is 720 g/mol. The summed E-state index contributed by atoms with van der Waals surface area (Å²) in [5.74, 6) is 0.238. The van der Waals surface area contributed by atoms with Crippen LogP contribution in [0.5, 0.6) is 0 Å². The van der Waals surface area contributed by atoms with E-state index in [-0.39, 0.29) is 25.6 Å². The molecule has 0 aliphatic rings. The summed E-state index contributed by atoms with van der Waals surface area (Å²) in [6, 6.07) is 9.72. The molecule has 0 aliphatic heterocycles. The van der Waals surface area contributed by atoms with E-state index in [2.05, 4.69) is 21.9 Å². The number of nitrogens with two attached hydrogens (primary N) is 1. The van der Waals surface area contributed by atoms with Crippen molar-refractivity contribution in [3.63, 3.8) is 0 Å². The van der Waals surface area contributed by atoms with Gasteiger partial charge in [0.2, 0.25) is 0 Å². The second kappa shape index (κ2) is 25.5. The van der Waals surface area contributed by atoms with Crippen LogP contribution in [0.25, 0.3) is 11.2 Å². The molecule has 3 aromatic rings. The molecule has 50 heavy (non-hydrogen) atoms. The molecule has 3 atom stereocenters. The van der Waals surface area contributed by atoms with Crippen LogP contribution in [-0.4, -0.2) is 74.5 Å². The predicted molar refractivity (Wildman–Crippen MR) is 198 cm³/mol. The van der Waals surface area contributed by atoms with E-state index in [1.807, 2.05) is 30.3 Å². The number of ether oxygens (including phenoxy) is 3. The predicted octanol–water partition coefficient (Wildman–Crippen LogP) is 7.81. The van der Waals surface area contributed by atoms with Gasteiger partial charge >= 0.3 is 7.60 Å². The number of hydrogen-bond acceptors (Lipinski definition) is 10. The molecule has 2 heterocycles. The van der Waals surface area contributed by atoms with E-state index in [0.29, 0.717) is 24.4 Å². The Morgan fingerprint density at radius 2 is 1.42 bits per heavy atom. The van der Waals surface area contributed by atoms with Crippen molar-refractivity contribution in [3.05, 3.63) is 48.5 Å². The zero-order valence-corrected chi connectivity index (χ0v) is 31.1. The molecule has 0 aliphatic carbocycles. The van der Waals surface area contributed by atoms with Gasteiger partial charge in [0.15, 0.2) is 11.5 Å². The second-order valence-corrected chi connectivity index (χ2v) is 14.9. The SMILES string of the molecule is CCCCCCCCCCCCCCCCCCOCC(COP(=O)(O)CO[C@H](CO)Cn1cnc2c(N)ncnc21)OCc1ccccc1. The fraction of sp³-hybridized carbons (Fsp3) is 0.703. The Morgan fingerprint density at radius 1 is 0.800 bits per heavy atom. The lowest BCUT2D eigenvalue weighted by Gasteiger charge is -2.22. The van der Waals surface area contributed by atoms with Gasteiger partial charge in [0.1, 0.15) is 24.3 Å². The van der Waals surface area contributed by atoms with Crippen molar-refractivity contribution in [1.29, 1.82) is 0 Å². The molecule has 2 unspecified atom stereocenters. The smallest absolute Gasteiger partial charge is 0.353 e. The van der Waals surface area contributed by atoms with Crippen LogP contribution in [0.2, 0.25) is 0 Å². The van der Waals surface area contributed by atoms with Crippen LogP contribution in [0, 0.1) is 0 Å². The van der Waals surface area contributed by atoms with Crippen LogP contribution in [0.1, 0.15) is 115 Å². The molecule has 3 rings (SSSR count). The first-order valence-electron chi connectivity index (χ1n) is 18.7. The number of anilines is 1. The summed E-state index contributed by atoms with van der Waals surface area (Å²) in [5.41, 5.74) is 7.73. The fourth-order valence-electron chi connectivity index (χ4n) is 5.75. The van der Waals surface area contributed by atoms with Gasteiger partial charge < -0.3 is 39.0 Å². The van der Waals surface area contributed by atoms with E-state index >= 15 is 0 Å². The number of benzene rings is 1. The number of unbranched alkanes of at least 4 members (excludes halogenated alkanes) is 15. The van der Waals surface area contributed by atoms with Crippen molar-refractivity contribution >= 4 is 24.6 Å². The van der Waals surface area contributed by atoms with E-state index < -0.39 is 32.8 Å². The molecule has 0 amide bonds. The maximum Gasteiger partial charge on any atom is 0.353 e. The molecule has 13 heteroatoms. The Balaban J connectivity index is 1.29. The molecule has 4 N–H and O–H groups in total. The number of rotatable bonds is 31. The van der Waals surface area contributed by atoms with Crippen LogP contribution in [0.3, 0.4) is 0 Å². The number of hydrogen-bond donors (Lipinski definition) is 3. The summed E-state index contributed by atoms with van der Waals surface area (Å²) in [5, 5.41) is 9.86. The standard InChI is InChI=1S/C37H62N5O7P/c1-2-3-4-5-6-7-8-9-10-11-12-13-14-15-16-20-23-46-27-34(47-26-32-21-18-17-19-22-32)28-49-50(44,45)31-48-33(25-43)24-42-30-41-35-36(38)39-29-40-37(35)42/h17-19,21-22,29-30,33-34,43H,2-16,20,23-28,31H2,1H3,(H,44,45)(H2,38,39,40)/t33-,34?/m0/s1. The minimum absolute atomic E-state index is 0.138. The van der Waals surface area contributed by atoms with Gasteiger partial charge in [-0.3, -0.25) is 4.57 Å². The third-order valence-corrected chi connectivity index (χ3v) is 9.77. The highest BCUT2D eigenvalue weighted by Crippen LogP contribution is 2.42. The monoisotopic (exact) mass is 719 g/mol. The molecule has 282 valence electrons. The van der Waals surface area contributed by atoms with Gasteiger partial charge in [0, 0.05) is 6.61 Å². The fourth-order valence-corrected chi connectivity index (χ4v) is 6.62. The summed E-state index contributed by atoms with van der Waals surface area (Å²) in [4.78, 5) is 22.8. The molecule has 0 fully saturated rings. The normalized spacial score (nSPS) is 14.2. The van der Waals surface area contributed by atoms with Crippen LogP contribution < -0.4 is 5.73 Å². The average Bonchev–Trinajstić information content (AvgIpc) is 3.54. The number of nitrogens with zero attached hydrogens (tertiary/aromatic N) is 4. The van der Waals surface area contributed by atoms with E-state index in [4.69, 9.17) is 24.5 Å². The van der Waals surface area contributed by atoms with Crippen molar-refractivity contribution < 1.29 is 33.3 Å². The molecule has 0 radical (unpaired) electrons. The number of nitrogen functional groups attached to an aromatic ring is 1. The Morgan fingerprint density at radius 3 is 2.04 bits per heavy atom. The first-order valence-corrected chi connectivity index (χ1v) is 20.5. The molecular weight excluding hydrogens is 657 g/mol. The van der Waals surface area contributed by atoms with Gasteiger partial charge in [-0.05, 0) is 12.0 Å². The third kappa shape index (κ3) is 17.7. The zero-order chi connectivity index (χ0) is 35.7. The summed E-state index contributed by atoms with van der Waals surface area (Å²) >= 11 is 0. The summed E-state index contributed by atoms with van der Waals surface area (Å²) in [7, 11) is -4.17. The number of aromatic nitrogens is 4. The molecule has 1 aromatic carbocycles. The van der Waals surface area contributed by atoms with Crippen molar-refractivity contribution in [2.24, 2.45) is 0 Å². The minimum atomic E-state index is -4.17. The zero-order valence-electron chi connectivity index (χ0n) is 30.2. The second-order valence-electron chi connectivity index (χ2n) is 13.2. The number of fused-ring (bicyclic) bond motifs is 1. The van der Waals surface area contributed by atoms with Crippen molar-refractivity contribution in [2.75, 3.05) is 38.5 Å². The van der Waals surface area contributed by atoms with Crippen LogP contribution in [-0.2, 0) is 36.5 Å². The van der Waals surface area contributed by atoms with Crippen molar-refractivity contribution in [2.45, 2.75) is 135 Å². The molecule has 12 nitrogen and oxygen atoms in total. The van der Waals surface area contributed by atoms with Gasteiger partial charge in [-0.2, -0.15) is 0 Å². The summed E-state index contributed by atoms with van der Waals surface area (Å²) in [6.07, 6.45) is 21.9. The number of aliphatic hydroxyl groups excluding tert-OH is 1. The summed E-state index contributed by atoms with van der Waals surface area (Å²) in [6.45, 7) is 3.03. The molecule has 2 aromatic heterocycles. The number of imidazole rings is 1. The Bertz CT molecular complexity index is 1330. The van der Waals surface area contributed by atoms with Gasteiger partial charge in [-0.25, -0.2) is 15.0 Å². The lowest BCUT2D eigenvalue weighted by atomic mass is 10.0. The Hall–Kier alpha value is -2.44. The topological polar surface area (TPSA) is 164 Å². The van der Waals surface area contributed by atoms with Gasteiger partial charge in [-0.15, -0.1) is 0 Å². The maximum atomic E-state index is 12.9. The number of aliphatic hydroxyl groups is 1. The molecule has 0 bridgehead atoms. The van der Waals surface area contributed by atoms with E-state index in [1.165, 1.54) is 103 Å². The van der Waals surface area contributed by atoms with Gasteiger partial charge in [0.05, 0.1) is 45.4 Å². The highest BCUT2D eigenvalue weighted by Gasteiger charge is 2.25. The molecule has 0 saturated carbocycles. The minimum Gasteiger partial charge on any atom is -0.394 e. The van der Waals surface area contributed by atoms with Gasteiger partial charge in [0.25, 0.3) is 0 Å². The molecule has 0 spiro atoms. The quantitative estimate of drug-likeness (QED) is 0.0439. The summed E-state index contributed by atoms with van der Waals surface area (Å²) < 4.78 is 37.5. The largest absolute Gasteiger partial charge is 0.394 e. The van der Waals surface area contributed by atoms with Crippen LogP contribution >= 0.6 is 7.60 Å². The first kappa shape index (κ1) is 42.0. The lowest BCUT2D eigenvalue weighted by molar-refractivity contribution is -0.0489. The highest BCUT2D eigenvalue weighted by molar-refractivity contribution is 7.52. The van der Waals surface area contributed by atoms with Gasteiger partial charge in [-0.1, -0.05) is 134 Å².